The van der Waals surface area contributed by atoms with Crippen molar-refractivity contribution in [3.63, 3.8) is 0 Å². The Bertz CT molecular complexity index is 253. The molecular weight excluding hydrogens is 216 g/mol. The molecule has 0 aromatic rings. The van der Waals surface area contributed by atoms with E-state index in [-0.39, 0.29) is 6.03 Å². The monoisotopic (exact) mass is 240 g/mol. The second-order valence-electron chi connectivity index (χ2n) is 4.88. The van der Waals surface area contributed by atoms with Crippen molar-refractivity contribution in [3.8, 4) is 0 Å². The quantitative estimate of drug-likeness (QED) is 0.735. The highest BCUT2D eigenvalue weighted by Gasteiger charge is 2.29. The van der Waals surface area contributed by atoms with Crippen LogP contribution >= 0.6 is 0 Å². The lowest BCUT2D eigenvalue weighted by Gasteiger charge is -2.33. The lowest BCUT2D eigenvalue weighted by molar-refractivity contribution is 0.158. The first-order valence-electron chi connectivity index (χ1n) is 6.79. The average Bonchev–Trinajstić information content (AvgIpc) is 2.79. The Balaban J connectivity index is 1.83. The van der Waals surface area contributed by atoms with E-state index in [9.17, 15) is 4.79 Å². The number of hydrogen-bond acceptors (Lipinski definition) is 3. The summed E-state index contributed by atoms with van der Waals surface area (Å²) in [4.78, 5) is 16.4. The molecule has 2 heterocycles. The number of likely N-dealkylation sites (tertiary alicyclic amines) is 1. The first kappa shape index (κ1) is 12.6. The number of nitrogens with zero attached hydrogens (tertiary/aromatic N) is 2. The molecule has 1 unspecified atom stereocenters. The maximum absolute atomic E-state index is 11.9. The van der Waals surface area contributed by atoms with Crippen molar-refractivity contribution in [1.29, 1.82) is 0 Å². The molecule has 2 amide bonds. The minimum absolute atomic E-state index is 0.116. The Morgan fingerprint density at radius 2 is 2.12 bits per heavy atom. The molecule has 17 heavy (non-hydrogen) atoms. The first-order chi connectivity index (χ1) is 8.31. The Morgan fingerprint density at radius 1 is 1.35 bits per heavy atom. The summed E-state index contributed by atoms with van der Waals surface area (Å²) in [5, 5.41) is 6.27. The Kier molecular flexibility index (Phi) is 4.62. The van der Waals surface area contributed by atoms with Gasteiger partial charge in [-0.15, -0.1) is 0 Å². The summed E-state index contributed by atoms with van der Waals surface area (Å²) < 4.78 is 0. The summed E-state index contributed by atoms with van der Waals surface area (Å²) in [6.45, 7) is 9.03. The fourth-order valence-electron chi connectivity index (χ4n) is 2.74. The van der Waals surface area contributed by atoms with Crippen LogP contribution in [0.15, 0.2) is 0 Å². The molecule has 0 bridgehead atoms. The highest BCUT2D eigenvalue weighted by molar-refractivity contribution is 5.74. The van der Waals surface area contributed by atoms with E-state index in [1.54, 1.807) is 0 Å². The van der Waals surface area contributed by atoms with Crippen LogP contribution in [0.3, 0.4) is 0 Å². The Morgan fingerprint density at radius 3 is 2.82 bits per heavy atom. The van der Waals surface area contributed by atoms with Gasteiger partial charge < -0.3 is 15.5 Å². The van der Waals surface area contributed by atoms with E-state index >= 15 is 0 Å². The molecule has 0 aromatic carbocycles. The molecule has 0 aliphatic carbocycles. The second kappa shape index (κ2) is 6.21. The topological polar surface area (TPSA) is 47.6 Å². The molecule has 2 aliphatic rings. The molecule has 0 saturated carbocycles. The third-order valence-corrected chi connectivity index (χ3v) is 3.64. The van der Waals surface area contributed by atoms with Crippen molar-refractivity contribution in [2.45, 2.75) is 25.8 Å². The summed E-state index contributed by atoms with van der Waals surface area (Å²) in [7, 11) is 0. The van der Waals surface area contributed by atoms with Gasteiger partial charge in [0.15, 0.2) is 0 Å². The van der Waals surface area contributed by atoms with Crippen LogP contribution in [0.25, 0.3) is 0 Å². The predicted octanol–water partition coefficient (Wildman–Crippen LogP) is 0.0855. The molecule has 0 radical (unpaired) electrons. The van der Waals surface area contributed by atoms with Crippen LogP contribution in [0, 0.1) is 0 Å². The van der Waals surface area contributed by atoms with Gasteiger partial charge in [-0.2, -0.15) is 0 Å². The SMILES string of the molecule is CCNC(=O)N1CCCC1CN1CCNCC1. The van der Waals surface area contributed by atoms with E-state index in [4.69, 9.17) is 0 Å². The summed E-state index contributed by atoms with van der Waals surface area (Å²) in [6, 6.07) is 0.532. The van der Waals surface area contributed by atoms with Crippen LogP contribution in [0.1, 0.15) is 19.8 Å². The second-order valence-corrected chi connectivity index (χ2v) is 4.88. The zero-order chi connectivity index (χ0) is 12.1. The standard InChI is InChI=1S/C12H24N4O/c1-2-14-12(17)16-7-3-4-11(16)10-15-8-5-13-6-9-15/h11,13H,2-10H2,1H3,(H,14,17). The maximum Gasteiger partial charge on any atom is 0.317 e. The number of nitrogens with one attached hydrogen (secondary N) is 2. The van der Waals surface area contributed by atoms with E-state index in [0.29, 0.717) is 6.04 Å². The lowest BCUT2D eigenvalue weighted by Crippen LogP contribution is -2.51. The van der Waals surface area contributed by atoms with Gasteiger partial charge in [-0.25, -0.2) is 4.79 Å². The van der Waals surface area contributed by atoms with Crippen LogP contribution in [-0.4, -0.2) is 67.7 Å². The molecule has 5 heteroatoms. The number of urea groups is 1. The molecule has 0 spiro atoms. The van der Waals surface area contributed by atoms with Gasteiger partial charge in [0.2, 0.25) is 0 Å². The number of amides is 2. The largest absolute Gasteiger partial charge is 0.338 e. The summed E-state index contributed by atoms with van der Waals surface area (Å²) >= 11 is 0. The van der Waals surface area contributed by atoms with Crippen LogP contribution in [0.2, 0.25) is 0 Å². The number of hydrogen-bond donors (Lipinski definition) is 2. The molecule has 2 fully saturated rings. The molecule has 5 nitrogen and oxygen atoms in total. The Labute approximate surface area is 104 Å². The third kappa shape index (κ3) is 3.33. The van der Waals surface area contributed by atoms with Crippen molar-refractivity contribution in [2.75, 3.05) is 45.8 Å². The third-order valence-electron chi connectivity index (χ3n) is 3.64. The number of piperazine rings is 1. The number of rotatable bonds is 3. The van der Waals surface area contributed by atoms with E-state index in [1.165, 1.54) is 0 Å². The number of carbonyl (C=O) groups excluding carboxylic acids is 1. The van der Waals surface area contributed by atoms with Crippen LogP contribution in [-0.2, 0) is 0 Å². The van der Waals surface area contributed by atoms with Crippen molar-refractivity contribution >= 4 is 6.03 Å². The van der Waals surface area contributed by atoms with Gasteiger partial charge in [0, 0.05) is 51.9 Å². The molecule has 98 valence electrons. The van der Waals surface area contributed by atoms with Gasteiger partial charge >= 0.3 is 6.03 Å². The van der Waals surface area contributed by atoms with E-state index in [2.05, 4.69) is 15.5 Å². The fraction of sp³-hybridized carbons (Fsp3) is 0.917. The van der Waals surface area contributed by atoms with E-state index in [0.717, 1.165) is 58.7 Å². The zero-order valence-corrected chi connectivity index (χ0v) is 10.7. The smallest absolute Gasteiger partial charge is 0.317 e. The minimum Gasteiger partial charge on any atom is -0.338 e. The van der Waals surface area contributed by atoms with Crippen molar-refractivity contribution < 1.29 is 4.79 Å². The lowest BCUT2D eigenvalue weighted by atomic mass is 10.2. The van der Waals surface area contributed by atoms with Crippen molar-refractivity contribution in [2.24, 2.45) is 0 Å². The van der Waals surface area contributed by atoms with Crippen LogP contribution in [0.4, 0.5) is 4.79 Å². The number of carbonyl (C=O) groups is 1. The molecular formula is C12H24N4O. The molecule has 2 rings (SSSR count). The molecule has 2 aliphatic heterocycles. The fourth-order valence-corrected chi connectivity index (χ4v) is 2.74. The van der Waals surface area contributed by atoms with Gasteiger partial charge in [0.1, 0.15) is 0 Å². The molecule has 1 atom stereocenters. The first-order valence-corrected chi connectivity index (χ1v) is 6.79. The predicted molar refractivity (Wildman–Crippen MR) is 68.1 cm³/mol. The molecule has 2 saturated heterocycles. The van der Waals surface area contributed by atoms with E-state index < -0.39 is 0 Å². The Hall–Kier alpha value is -0.810. The van der Waals surface area contributed by atoms with E-state index in [1.807, 2.05) is 11.8 Å². The van der Waals surface area contributed by atoms with Gasteiger partial charge in [0.05, 0.1) is 0 Å². The average molecular weight is 240 g/mol. The maximum atomic E-state index is 11.9. The molecule has 2 N–H and O–H groups in total. The van der Waals surface area contributed by atoms with Crippen molar-refractivity contribution in [1.82, 2.24) is 20.4 Å². The highest BCUT2D eigenvalue weighted by Crippen LogP contribution is 2.18. The normalized spacial score (nSPS) is 26.2. The van der Waals surface area contributed by atoms with Gasteiger partial charge in [-0.1, -0.05) is 0 Å². The van der Waals surface area contributed by atoms with Gasteiger partial charge in [-0.05, 0) is 19.8 Å². The van der Waals surface area contributed by atoms with Crippen molar-refractivity contribution in [3.05, 3.63) is 0 Å². The summed E-state index contributed by atoms with van der Waals surface area (Å²) in [6.07, 6.45) is 2.30. The van der Waals surface area contributed by atoms with Crippen LogP contribution in [0.5, 0.6) is 0 Å². The van der Waals surface area contributed by atoms with Gasteiger partial charge in [-0.3, -0.25) is 4.90 Å². The summed E-state index contributed by atoms with van der Waals surface area (Å²) in [5.41, 5.74) is 0. The zero-order valence-electron chi connectivity index (χ0n) is 10.7. The summed E-state index contributed by atoms with van der Waals surface area (Å²) in [5.74, 6) is 0. The van der Waals surface area contributed by atoms with Crippen LogP contribution < -0.4 is 10.6 Å². The molecule has 0 aromatic heterocycles. The minimum atomic E-state index is 0.116. The highest BCUT2D eigenvalue weighted by atomic mass is 16.2. The van der Waals surface area contributed by atoms with Gasteiger partial charge in [0.25, 0.3) is 0 Å².